The van der Waals surface area contributed by atoms with Gasteiger partial charge in [-0.05, 0) is 59.7 Å². The molecule has 1 aromatic carbocycles. The Hall–Kier alpha value is -3.07. The lowest BCUT2D eigenvalue weighted by Gasteiger charge is -2.29. The van der Waals surface area contributed by atoms with Crippen LogP contribution in [0.4, 0.5) is 0 Å². The molecule has 5 heteroatoms. The molecule has 0 saturated carbocycles. The smallest absolute Gasteiger partial charge is 0.101 e. The molecule has 2 aromatic rings. The summed E-state index contributed by atoms with van der Waals surface area (Å²) < 4.78 is 5.47. The molecule has 0 radical (unpaired) electrons. The fourth-order valence-electron chi connectivity index (χ4n) is 3.48. The van der Waals surface area contributed by atoms with Crippen LogP contribution in [-0.4, -0.2) is 31.2 Å². The van der Waals surface area contributed by atoms with Gasteiger partial charge >= 0.3 is 0 Å². The van der Waals surface area contributed by atoms with Crippen LogP contribution in [0.3, 0.4) is 0 Å². The fraction of sp³-hybridized carbons (Fsp3) is 0.269. The minimum absolute atomic E-state index is 0.500. The molecule has 160 valence electrons. The topological polar surface area (TPSA) is 62.3 Å². The Morgan fingerprint density at radius 2 is 2.06 bits per heavy atom. The van der Waals surface area contributed by atoms with Crippen LogP contribution in [0.25, 0.3) is 29.2 Å². The average molecular weight is 432 g/mol. The Morgan fingerprint density at radius 3 is 2.71 bits per heavy atom. The molecule has 0 amide bonds. The van der Waals surface area contributed by atoms with Crippen molar-refractivity contribution in [3.05, 3.63) is 74.8 Å². The predicted octanol–water partition coefficient (Wildman–Crippen LogP) is 4.00. The highest BCUT2D eigenvalue weighted by Gasteiger charge is 2.11. The van der Waals surface area contributed by atoms with E-state index < -0.39 is 0 Å². The lowest BCUT2D eigenvalue weighted by molar-refractivity contribution is 0.0561. The van der Waals surface area contributed by atoms with E-state index in [9.17, 15) is 5.26 Å². The van der Waals surface area contributed by atoms with E-state index in [0.717, 1.165) is 58.5 Å². The van der Waals surface area contributed by atoms with Crippen molar-refractivity contribution in [1.29, 1.82) is 5.26 Å². The monoisotopic (exact) mass is 431 g/mol. The van der Waals surface area contributed by atoms with Gasteiger partial charge in [-0.1, -0.05) is 37.8 Å². The molecular weight excluding hydrogens is 402 g/mol. The number of hydrogen-bond acceptors (Lipinski definition) is 5. The standard InChI is InChI=1S/C26H29N3OS/c1-4-6-25(28)22(18-27)17-24-9-10-26(31-24)21-8-7-20(19(3)15-21)16-23(5-2)29-11-13-30-14-12-29/h5-10,15-17H,3-4,11-14,28H2,1-2H3/b20-16-,22-17+,23-5?,25-6+. The van der Waals surface area contributed by atoms with Gasteiger partial charge in [0.15, 0.2) is 0 Å². The van der Waals surface area contributed by atoms with Crippen molar-refractivity contribution in [3.63, 3.8) is 0 Å². The average Bonchev–Trinajstić information content (AvgIpc) is 3.26. The molecule has 1 aliphatic heterocycles. The molecule has 1 saturated heterocycles. The van der Waals surface area contributed by atoms with E-state index in [1.54, 1.807) is 11.3 Å². The van der Waals surface area contributed by atoms with E-state index in [1.807, 2.05) is 25.1 Å². The third-order valence-electron chi connectivity index (χ3n) is 5.17. The zero-order valence-electron chi connectivity index (χ0n) is 18.2. The van der Waals surface area contributed by atoms with Crippen LogP contribution >= 0.6 is 11.3 Å². The first-order valence-corrected chi connectivity index (χ1v) is 11.3. The van der Waals surface area contributed by atoms with Crippen LogP contribution in [0.5, 0.6) is 0 Å². The number of nitriles is 1. The lowest BCUT2D eigenvalue weighted by atomic mass is 10.1. The van der Waals surface area contributed by atoms with Crippen molar-refractivity contribution < 1.29 is 4.74 Å². The molecule has 4 nitrogen and oxygen atoms in total. The highest BCUT2D eigenvalue weighted by atomic mass is 32.1. The molecule has 1 aromatic heterocycles. The van der Waals surface area contributed by atoms with Crippen molar-refractivity contribution in [2.75, 3.05) is 26.3 Å². The molecule has 0 spiro atoms. The van der Waals surface area contributed by atoms with Gasteiger partial charge in [-0.3, -0.25) is 0 Å². The Kier molecular flexibility index (Phi) is 7.88. The van der Waals surface area contributed by atoms with E-state index in [0.29, 0.717) is 11.3 Å². The second-order valence-corrected chi connectivity index (χ2v) is 8.43. The summed E-state index contributed by atoms with van der Waals surface area (Å²) in [5.74, 6) is 0. The number of nitrogens with two attached hydrogens (primary N) is 1. The third-order valence-corrected chi connectivity index (χ3v) is 6.25. The van der Waals surface area contributed by atoms with Crippen LogP contribution in [0, 0.1) is 11.3 Å². The van der Waals surface area contributed by atoms with Crippen LogP contribution < -0.4 is 16.2 Å². The molecule has 0 atom stereocenters. The number of thiophene rings is 1. The number of allylic oxidation sites excluding steroid dienone is 4. The maximum atomic E-state index is 9.40. The van der Waals surface area contributed by atoms with Gasteiger partial charge in [0.05, 0.1) is 18.8 Å². The van der Waals surface area contributed by atoms with Gasteiger partial charge in [0.25, 0.3) is 0 Å². The quantitative estimate of drug-likeness (QED) is 0.555. The van der Waals surface area contributed by atoms with Crippen LogP contribution in [0.1, 0.15) is 25.1 Å². The summed E-state index contributed by atoms with van der Waals surface area (Å²) >= 11 is 1.64. The van der Waals surface area contributed by atoms with E-state index in [2.05, 4.69) is 60.9 Å². The summed E-state index contributed by atoms with van der Waals surface area (Å²) in [6.45, 7) is 11.7. The molecular formula is C26H29N3OS. The van der Waals surface area contributed by atoms with E-state index in [1.165, 1.54) is 5.70 Å². The van der Waals surface area contributed by atoms with Crippen LogP contribution in [-0.2, 0) is 4.74 Å². The zero-order valence-corrected chi connectivity index (χ0v) is 19.0. The molecule has 2 N–H and O–H groups in total. The summed E-state index contributed by atoms with van der Waals surface area (Å²) in [5.41, 5.74) is 9.34. The number of nitrogens with zero attached hydrogens (tertiary/aromatic N) is 2. The van der Waals surface area contributed by atoms with Gasteiger partial charge in [0.1, 0.15) is 6.07 Å². The summed E-state index contributed by atoms with van der Waals surface area (Å²) in [4.78, 5) is 4.49. The van der Waals surface area contributed by atoms with Crippen molar-refractivity contribution >= 4 is 30.1 Å². The van der Waals surface area contributed by atoms with Gasteiger partial charge in [-0.25, -0.2) is 0 Å². The summed E-state index contributed by atoms with van der Waals surface area (Å²) in [7, 11) is 0. The van der Waals surface area contributed by atoms with Gasteiger partial charge in [0, 0.05) is 34.2 Å². The largest absolute Gasteiger partial charge is 0.398 e. The summed E-state index contributed by atoms with van der Waals surface area (Å²) in [6.07, 6.45) is 8.86. The summed E-state index contributed by atoms with van der Waals surface area (Å²) in [5, 5.41) is 11.5. The number of rotatable bonds is 6. The van der Waals surface area contributed by atoms with Gasteiger partial charge in [0.2, 0.25) is 0 Å². The fourth-order valence-corrected chi connectivity index (χ4v) is 4.42. The van der Waals surface area contributed by atoms with Crippen molar-refractivity contribution in [2.24, 2.45) is 5.73 Å². The second-order valence-electron chi connectivity index (χ2n) is 7.31. The van der Waals surface area contributed by atoms with Crippen molar-refractivity contribution in [2.45, 2.75) is 20.3 Å². The normalized spacial score (nSPS) is 16.5. The second kappa shape index (κ2) is 10.8. The molecule has 1 fully saturated rings. The molecule has 0 unspecified atom stereocenters. The SMILES string of the molecule is C=c1cc(-c2ccc(/C=C(C#N)/C(N)=C\CC)s2)cc/c1=C/C(=CC)N1CCOCC1. The molecule has 0 aliphatic carbocycles. The van der Waals surface area contributed by atoms with Gasteiger partial charge < -0.3 is 15.4 Å². The Labute approximate surface area is 188 Å². The molecule has 2 heterocycles. The zero-order chi connectivity index (χ0) is 22.2. The highest BCUT2D eigenvalue weighted by molar-refractivity contribution is 7.16. The molecule has 1 aliphatic rings. The third kappa shape index (κ3) is 5.75. The first kappa shape index (κ1) is 22.6. The Morgan fingerprint density at radius 1 is 1.29 bits per heavy atom. The van der Waals surface area contributed by atoms with Gasteiger partial charge in [-0.15, -0.1) is 11.3 Å². The first-order valence-electron chi connectivity index (χ1n) is 10.5. The van der Waals surface area contributed by atoms with Gasteiger partial charge in [-0.2, -0.15) is 5.26 Å². The minimum atomic E-state index is 0.500. The molecule has 31 heavy (non-hydrogen) atoms. The minimum Gasteiger partial charge on any atom is -0.398 e. The number of hydrogen-bond donors (Lipinski definition) is 1. The van der Waals surface area contributed by atoms with Crippen LogP contribution in [0.15, 0.2) is 59.5 Å². The maximum absolute atomic E-state index is 9.40. The predicted molar refractivity (Wildman–Crippen MR) is 131 cm³/mol. The number of morpholine rings is 1. The van der Waals surface area contributed by atoms with E-state index in [-0.39, 0.29) is 0 Å². The molecule has 3 rings (SSSR count). The first-order chi connectivity index (χ1) is 15.0. The Bertz CT molecular complexity index is 1160. The van der Waals surface area contributed by atoms with E-state index >= 15 is 0 Å². The highest BCUT2D eigenvalue weighted by Crippen LogP contribution is 2.28. The van der Waals surface area contributed by atoms with Crippen LogP contribution in [0.2, 0.25) is 0 Å². The summed E-state index contributed by atoms with van der Waals surface area (Å²) in [6, 6.07) is 12.7. The van der Waals surface area contributed by atoms with E-state index in [4.69, 9.17) is 10.5 Å². The number of ether oxygens (including phenoxy) is 1. The Balaban J connectivity index is 1.86. The maximum Gasteiger partial charge on any atom is 0.101 e. The lowest BCUT2D eigenvalue weighted by Crippen LogP contribution is -2.36. The van der Waals surface area contributed by atoms with Crippen molar-refractivity contribution in [3.8, 4) is 16.5 Å². The number of benzene rings is 1. The van der Waals surface area contributed by atoms with Crippen molar-refractivity contribution in [1.82, 2.24) is 4.90 Å². The molecule has 0 bridgehead atoms.